The molecule has 1 aliphatic rings. The third kappa shape index (κ3) is 4.36. The molecule has 1 N–H and O–H groups in total. The van der Waals surface area contributed by atoms with Gasteiger partial charge in [-0.05, 0) is 18.9 Å². The fraction of sp³-hybridized carbons (Fsp3) is 0.562. The molecule has 0 spiro atoms. The van der Waals surface area contributed by atoms with Gasteiger partial charge in [-0.25, -0.2) is 4.79 Å². The molecule has 1 atom stereocenters. The van der Waals surface area contributed by atoms with E-state index in [1.54, 1.807) is 12.0 Å². The van der Waals surface area contributed by atoms with Crippen LogP contribution in [0.25, 0.3) is 0 Å². The summed E-state index contributed by atoms with van der Waals surface area (Å²) in [7, 11) is 1.69. The number of nitrogens with one attached hydrogen (secondary N) is 1. The summed E-state index contributed by atoms with van der Waals surface area (Å²) in [5.74, 6) is 0.843. The lowest BCUT2D eigenvalue weighted by atomic mass is 10.2. The zero-order chi connectivity index (χ0) is 15.1. The Morgan fingerprint density at radius 1 is 1.43 bits per heavy atom. The van der Waals surface area contributed by atoms with Gasteiger partial charge in [0.15, 0.2) is 0 Å². The Morgan fingerprint density at radius 3 is 2.95 bits per heavy atom. The van der Waals surface area contributed by atoms with E-state index in [-0.39, 0.29) is 12.1 Å². The Kier molecular flexibility index (Phi) is 5.87. The Morgan fingerprint density at radius 2 is 2.24 bits per heavy atom. The lowest BCUT2D eigenvalue weighted by molar-refractivity contribution is 0.110. The van der Waals surface area contributed by atoms with Gasteiger partial charge in [-0.2, -0.15) is 0 Å². The fourth-order valence-electron chi connectivity index (χ4n) is 2.39. The zero-order valence-electron chi connectivity index (χ0n) is 12.8. The monoisotopic (exact) mass is 292 g/mol. The molecule has 1 aromatic carbocycles. The molecule has 0 unspecified atom stereocenters. The van der Waals surface area contributed by atoms with Crippen molar-refractivity contribution in [2.75, 3.05) is 26.8 Å². The van der Waals surface area contributed by atoms with Gasteiger partial charge >= 0.3 is 6.03 Å². The lowest BCUT2D eigenvalue weighted by Crippen LogP contribution is -2.38. The molecule has 21 heavy (non-hydrogen) atoms. The van der Waals surface area contributed by atoms with E-state index < -0.39 is 0 Å². The minimum atomic E-state index is -0.0418. The van der Waals surface area contributed by atoms with Crippen molar-refractivity contribution in [3.8, 4) is 5.75 Å². The first kappa shape index (κ1) is 15.6. The molecule has 1 heterocycles. The summed E-state index contributed by atoms with van der Waals surface area (Å²) in [4.78, 5) is 13.9. The number of hydrogen-bond donors (Lipinski definition) is 1. The maximum atomic E-state index is 12.1. The first-order valence-electron chi connectivity index (χ1n) is 7.50. The summed E-state index contributed by atoms with van der Waals surface area (Å²) in [6.45, 7) is 4.65. The van der Waals surface area contributed by atoms with Crippen LogP contribution in [0.1, 0.15) is 25.3 Å². The van der Waals surface area contributed by atoms with E-state index >= 15 is 0 Å². The van der Waals surface area contributed by atoms with Gasteiger partial charge in [-0.1, -0.05) is 25.1 Å². The summed E-state index contributed by atoms with van der Waals surface area (Å²) < 4.78 is 11.0. The Balaban J connectivity index is 1.86. The second kappa shape index (κ2) is 7.88. The number of carbonyl (C=O) groups excluding carboxylic acids is 1. The first-order chi connectivity index (χ1) is 10.2. The van der Waals surface area contributed by atoms with E-state index in [4.69, 9.17) is 9.47 Å². The van der Waals surface area contributed by atoms with E-state index in [1.165, 1.54) is 0 Å². The third-order valence-electron chi connectivity index (χ3n) is 3.63. The van der Waals surface area contributed by atoms with Crippen molar-refractivity contribution >= 4 is 6.03 Å². The molecule has 5 nitrogen and oxygen atoms in total. The number of hydrogen-bond acceptors (Lipinski definition) is 3. The molecule has 2 amide bonds. The van der Waals surface area contributed by atoms with E-state index in [9.17, 15) is 4.79 Å². The number of methoxy groups -OCH3 is 1. The molecule has 0 bridgehead atoms. The SMILES string of the molecule is CCCOc1ccccc1CNC(=O)N1CC[C@@H](OC)C1. The van der Waals surface area contributed by atoms with Crippen LogP contribution in [0.4, 0.5) is 4.79 Å². The molecule has 0 saturated carbocycles. The van der Waals surface area contributed by atoms with Crippen LogP contribution in [-0.2, 0) is 11.3 Å². The number of urea groups is 1. The van der Waals surface area contributed by atoms with Crippen molar-refractivity contribution in [3.63, 3.8) is 0 Å². The molecule has 1 aromatic rings. The normalized spacial score (nSPS) is 17.8. The van der Waals surface area contributed by atoms with Crippen molar-refractivity contribution in [1.82, 2.24) is 10.2 Å². The smallest absolute Gasteiger partial charge is 0.317 e. The molecule has 1 fully saturated rings. The highest BCUT2D eigenvalue weighted by atomic mass is 16.5. The molecule has 0 aromatic heterocycles. The molecule has 0 radical (unpaired) electrons. The number of amides is 2. The molecular formula is C16H24N2O3. The summed E-state index contributed by atoms with van der Waals surface area (Å²) in [6.07, 6.45) is 2.03. The van der Waals surface area contributed by atoms with Gasteiger partial charge in [0, 0.05) is 32.3 Å². The molecule has 2 rings (SSSR count). The van der Waals surface area contributed by atoms with Crippen molar-refractivity contribution < 1.29 is 14.3 Å². The van der Waals surface area contributed by atoms with Gasteiger partial charge in [-0.3, -0.25) is 0 Å². The van der Waals surface area contributed by atoms with Gasteiger partial charge in [-0.15, -0.1) is 0 Å². The van der Waals surface area contributed by atoms with E-state index in [2.05, 4.69) is 12.2 Å². The van der Waals surface area contributed by atoms with Crippen molar-refractivity contribution in [2.24, 2.45) is 0 Å². The molecule has 1 aliphatic heterocycles. The standard InChI is InChI=1S/C16H24N2O3/c1-3-10-21-15-7-5-4-6-13(15)11-17-16(19)18-9-8-14(12-18)20-2/h4-7,14H,3,8-12H2,1-2H3,(H,17,19)/t14-/m1/s1. The van der Waals surface area contributed by atoms with Gasteiger partial charge in [0.25, 0.3) is 0 Å². The highest BCUT2D eigenvalue weighted by molar-refractivity contribution is 5.74. The third-order valence-corrected chi connectivity index (χ3v) is 3.63. The van der Waals surface area contributed by atoms with E-state index in [1.807, 2.05) is 24.3 Å². The number of para-hydroxylation sites is 1. The Hall–Kier alpha value is -1.75. The van der Waals surface area contributed by atoms with Gasteiger partial charge in [0.05, 0.1) is 12.7 Å². The Labute approximate surface area is 126 Å². The van der Waals surface area contributed by atoms with Crippen LogP contribution in [0.5, 0.6) is 5.75 Å². The molecule has 1 saturated heterocycles. The topological polar surface area (TPSA) is 50.8 Å². The average Bonchev–Trinajstić information content (AvgIpc) is 3.00. The van der Waals surface area contributed by atoms with Crippen LogP contribution >= 0.6 is 0 Å². The minimum absolute atomic E-state index is 0.0418. The van der Waals surface area contributed by atoms with Gasteiger partial charge < -0.3 is 19.7 Å². The fourth-order valence-corrected chi connectivity index (χ4v) is 2.39. The highest BCUT2D eigenvalue weighted by Gasteiger charge is 2.25. The predicted octanol–water partition coefficient (Wildman–Crippen LogP) is 2.41. The van der Waals surface area contributed by atoms with E-state index in [0.717, 1.165) is 30.7 Å². The van der Waals surface area contributed by atoms with Crippen LogP contribution in [-0.4, -0.2) is 43.8 Å². The molecular weight excluding hydrogens is 268 g/mol. The number of rotatable bonds is 6. The summed E-state index contributed by atoms with van der Waals surface area (Å²) in [6, 6.07) is 7.78. The zero-order valence-corrected chi connectivity index (χ0v) is 12.8. The van der Waals surface area contributed by atoms with Crippen molar-refractivity contribution in [1.29, 1.82) is 0 Å². The van der Waals surface area contributed by atoms with Crippen LogP contribution in [0, 0.1) is 0 Å². The van der Waals surface area contributed by atoms with Crippen LogP contribution in [0.15, 0.2) is 24.3 Å². The second-order valence-electron chi connectivity index (χ2n) is 5.21. The largest absolute Gasteiger partial charge is 0.493 e. The average molecular weight is 292 g/mol. The summed E-state index contributed by atoms with van der Waals surface area (Å²) in [5, 5.41) is 2.95. The molecule has 116 valence electrons. The number of carbonyl (C=O) groups is 1. The predicted molar refractivity (Wildman–Crippen MR) is 81.5 cm³/mol. The summed E-state index contributed by atoms with van der Waals surface area (Å²) >= 11 is 0. The van der Waals surface area contributed by atoms with Crippen LogP contribution < -0.4 is 10.1 Å². The van der Waals surface area contributed by atoms with Gasteiger partial charge in [0.2, 0.25) is 0 Å². The first-order valence-corrected chi connectivity index (χ1v) is 7.50. The van der Waals surface area contributed by atoms with Crippen LogP contribution in [0.3, 0.4) is 0 Å². The number of nitrogens with zero attached hydrogens (tertiary/aromatic N) is 1. The minimum Gasteiger partial charge on any atom is -0.493 e. The molecule has 5 heteroatoms. The van der Waals surface area contributed by atoms with Gasteiger partial charge in [0.1, 0.15) is 5.75 Å². The van der Waals surface area contributed by atoms with Crippen molar-refractivity contribution in [3.05, 3.63) is 29.8 Å². The quantitative estimate of drug-likeness (QED) is 0.876. The van der Waals surface area contributed by atoms with E-state index in [0.29, 0.717) is 19.7 Å². The Bertz CT molecular complexity index is 465. The lowest BCUT2D eigenvalue weighted by Gasteiger charge is -2.18. The maximum absolute atomic E-state index is 12.1. The van der Waals surface area contributed by atoms with Crippen LogP contribution in [0.2, 0.25) is 0 Å². The number of ether oxygens (including phenoxy) is 2. The highest BCUT2D eigenvalue weighted by Crippen LogP contribution is 2.18. The number of benzene rings is 1. The van der Waals surface area contributed by atoms with Crippen molar-refractivity contribution in [2.45, 2.75) is 32.4 Å². The maximum Gasteiger partial charge on any atom is 0.317 e. The summed E-state index contributed by atoms with van der Waals surface area (Å²) in [5.41, 5.74) is 1.00. The second-order valence-corrected chi connectivity index (χ2v) is 5.21. The molecule has 0 aliphatic carbocycles. The number of likely N-dealkylation sites (tertiary alicyclic amines) is 1.